The van der Waals surface area contributed by atoms with Gasteiger partial charge in [-0.25, -0.2) is 4.39 Å². The summed E-state index contributed by atoms with van der Waals surface area (Å²) >= 11 is 0. The Morgan fingerprint density at radius 1 is 1.08 bits per heavy atom. The lowest BCUT2D eigenvalue weighted by Gasteiger charge is -2.39. The summed E-state index contributed by atoms with van der Waals surface area (Å²) in [7, 11) is 0. The minimum Gasteiger partial charge on any atom is -0.369 e. The number of morpholine rings is 1. The van der Waals surface area contributed by atoms with Gasteiger partial charge < -0.3 is 21.1 Å². The number of aromatic nitrogens is 1. The standard InChI is InChI=1S/C30H35FN4O2/c31-25-18-33-19-26(24(25)14-13-23-17-34-20-30(37-23)15-7-8-16-30)35-29(36)28(32)27(21-9-3-1-4-10-21)22-11-5-2-6-12-22/h1-6,9-12,18-19,23,27-28,34H,7-8,13-17,20,32H2,(H,35,36)/t23-,28+/m1/s1. The number of hydrogen-bond acceptors (Lipinski definition) is 5. The predicted octanol–water partition coefficient (Wildman–Crippen LogP) is 4.55. The van der Waals surface area contributed by atoms with Crippen LogP contribution in [0, 0.1) is 5.82 Å². The van der Waals surface area contributed by atoms with Gasteiger partial charge in [-0.2, -0.15) is 0 Å². The number of rotatable bonds is 8. The topological polar surface area (TPSA) is 89.3 Å². The second kappa shape index (κ2) is 11.5. The Balaban J connectivity index is 1.31. The molecular weight excluding hydrogens is 467 g/mol. The van der Waals surface area contributed by atoms with Crippen molar-refractivity contribution in [3.05, 3.63) is 95.6 Å². The van der Waals surface area contributed by atoms with Crippen LogP contribution >= 0.6 is 0 Å². The molecule has 0 bridgehead atoms. The number of nitrogens with zero attached hydrogens (tertiary/aromatic N) is 1. The molecule has 1 aliphatic carbocycles. The van der Waals surface area contributed by atoms with E-state index in [1.54, 1.807) is 0 Å². The summed E-state index contributed by atoms with van der Waals surface area (Å²) < 4.78 is 21.4. The molecule has 2 aromatic carbocycles. The van der Waals surface area contributed by atoms with E-state index in [2.05, 4.69) is 15.6 Å². The zero-order valence-electron chi connectivity index (χ0n) is 21.0. The summed E-state index contributed by atoms with van der Waals surface area (Å²) in [6.45, 7) is 1.63. The molecule has 1 aliphatic heterocycles. The van der Waals surface area contributed by atoms with Crippen LogP contribution in [-0.4, -0.2) is 41.7 Å². The Morgan fingerprint density at radius 3 is 2.38 bits per heavy atom. The summed E-state index contributed by atoms with van der Waals surface area (Å²) in [5.74, 6) is -1.17. The Bertz CT molecular complexity index is 1150. The third-order valence-electron chi connectivity index (χ3n) is 7.71. The fraction of sp³-hybridized carbons (Fsp3) is 0.400. The molecule has 194 valence electrons. The van der Waals surface area contributed by atoms with Crippen molar-refractivity contribution in [3.63, 3.8) is 0 Å². The summed E-state index contributed by atoms with van der Waals surface area (Å²) in [6.07, 6.45) is 8.32. The number of nitrogens with two attached hydrogens (primary N) is 1. The summed E-state index contributed by atoms with van der Waals surface area (Å²) in [4.78, 5) is 17.4. The van der Waals surface area contributed by atoms with Gasteiger partial charge in [-0.3, -0.25) is 9.78 Å². The molecule has 6 nitrogen and oxygen atoms in total. The van der Waals surface area contributed by atoms with Gasteiger partial charge in [-0.05, 0) is 36.8 Å². The zero-order chi connectivity index (χ0) is 25.7. The highest BCUT2D eigenvalue weighted by atomic mass is 19.1. The van der Waals surface area contributed by atoms with E-state index in [1.165, 1.54) is 25.2 Å². The third kappa shape index (κ3) is 5.90. The summed E-state index contributed by atoms with van der Waals surface area (Å²) in [6, 6.07) is 18.6. The molecule has 7 heteroatoms. The number of amides is 1. The first-order valence-corrected chi connectivity index (χ1v) is 13.2. The molecule has 2 heterocycles. The maximum absolute atomic E-state index is 14.9. The first-order chi connectivity index (χ1) is 18.0. The lowest BCUT2D eigenvalue weighted by Crippen LogP contribution is -2.52. The van der Waals surface area contributed by atoms with Crippen molar-refractivity contribution < 1.29 is 13.9 Å². The van der Waals surface area contributed by atoms with Gasteiger partial charge in [0.15, 0.2) is 0 Å². The first kappa shape index (κ1) is 25.5. The number of hydrogen-bond donors (Lipinski definition) is 3. The molecule has 1 saturated heterocycles. The van der Waals surface area contributed by atoms with E-state index in [0.29, 0.717) is 24.1 Å². The van der Waals surface area contributed by atoms with E-state index < -0.39 is 11.9 Å². The number of nitrogens with one attached hydrogen (secondary N) is 2. The number of carbonyl (C=O) groups excluding carboxylic acids is 1. The highest BCUT2D eigenvalue weighted by molar-refractivity contribution is 5.96. The molecule has 1 aromatic heterocycles. The van der Waals surface area contributed by atoms with Crippen molar-refractivity contribution in [2.45, 2.75) is 62.2 Å². The van der Waals surface area contributed by atoms with E-state index in [4.69, 9.17) is 10.5 Å². The molecule has 3 aromatic rings. The van der Waals surface area contributed by atoms with E-state index in [0.717, 1.165) is 37.1 Å². The smallest absolute Gasteiger partial charge is 0.242 e. The van der Waals surface area contributed by atoms with Crippen LogP contribution in [0.25, 0.3) is 0 Å². The quantitative estimate of drug-likeness (QED) is 0.421. The Labute approximate surface area is 217 Å². The number of carbonyl (C=O) groups is 1. The van der Waals surface area contributed by atoms with Crippen molar-refractivity contribution >= 4 is 11.6 Å². The minimum absolute atomic E-state index is 0.00534. The number of ether oxygens (including phenoxy) is 1. The van der Waals surface area contributed by atoms with Crippen molar-refractivity contribution in [1.82, 2.24) is 10.3 Å². The molecule has 4 N–H and O–H groups in total. The molecule has 2 atom stereocenters. The number of anilines is 1. The molecular formula is C30H35FN4O2. The fourth-order valence-corrected chi connectivity index (χ4v) is 5.80. The van der Waals surface area contributed by atoms with Crippen LogP contribution in [0.2, 0.25) is 0 Å². The van der Waals surface area contributed by atoms with Crippen molar-refractivity contribution in [3.8, 4) is 0 Å². The van der Waals surface area contributed by atoms with Crippen molar-refractivity contribution in [1.29, 1.82) is 0 Å². The van der Waals surface area contributed by atoms with E-state index >= 15 is 0 Å². The molecule has 5 rings (SSSR count). The third-order valence-corrected chi connectivity index (χ3v) is 7.71. The molecule has 1 spiro atoms. The van der Waals surface area contributed by atoms with Gasteiger partial charge in [-0.15, -0.1) is 0 Å². The first-order valence-electron chi connectivity index (χ1n) is 13.2. The van der Waals surface area contributed by atoms with Crippen molar-refractivity contribution in [2.75, 3.05) is 18.4 Å². The summed E-state index contributed by atoms with van der Waals surface area (Å²) in [5.41, 5.74) is 9.16. The van der Waals surface area contributed by atoms with Crippen LogP contribution in [0.15, 0.2) is 73.1 Å². The van der Waals surface area contributed by atoms with Gasteiger partial charge in [-0.1, -0.05) is 73.5 Å². The van der Waals surface area contributed by atoms with Crippen LogP contribution in [0.3, 0.4) is 0 Å². The van der Waals surface area contributed by atoms with Crippen LogP contribution in [0.1, 0.15) is 54.7 Å². The van der Waals surface area contributed by atoms with Gasteiger partial charge in [0.05, 0.1) is 35.8 Å². The normalized spacial score (nSPS) is 19.7. The molecule has 0 radical (unpaired) electrons. The SMILES string of the molecule is N[C@H](C(=O)Nc1cncc(F)c1CC[C@@H]1CNCC2(CCCC2)O1)C(c1ccccc1)c1ccccc1. The van der Waals surface area contributed by atoms with Gasteiger partial charge >= 0.3 is 0 Å². The van der Waals surface area contributed by atoms with Crippen LogP contribution < -0.4 is 16.4 Å². The van der Waals surface area contributed by atoms with Gasteiger partial charge in [0.25, 0.3) is 0 Å². The van der Waals surface area contributed by atoms with E-state index in [-0.39, 0.29) is 23.5 Å². The fourth-order valence-electron chi connectivity index (χ4n) is 5.80. The monoisotopic (exact) mass is 502 g/mol. The molecule has 0 unspecified atom stereocenters. The molecule has 1 amide bonds. The molecule has 1 saturated carbocycles. The molecule has 37 heavy (non-hydrogen) atoms. The van der Waals surface area contributed by atoms with Gasteiger partial charge in [0.2, 0.25) is 5.91 Å². The predicted molar refractivity (Wildman–Crippen MR) is 143 cm³/mol. The maximum Gasteiger partial charge on any atom is 0.242 e. The lowest BCUT2D eigenvalue weighted by molar-refractivity contribution is -0.117. The van der Waals surface area contributed by atoms with Crippen LogP contribution in [0.4, 0.5) is 10.1 Å². The second-order valence-corrected chi connectivity index (χ2v) is 10.3. The zero-order valence-corrected chi connectivity index (χ0v) is 21.0. The van der Waals surface area contributed by atoms with Crippen LogP contribution in [0.5, 0.6) is 0 Å². The maximum atomic E-state index is 14.9. The molecule has 2 aliphatic rings. The van der Waals surface area contributed by atoms with Gasteiger partial charge in [0, 0.05) is 24.6 Å². The minimum atomic E-state index is -0.881. The number of benzene rings is 2. The summed E-state index contributed by atoms with van der Waals surface area (Å²) in [5, 5.41) is 6.39. The molecule has 2 fully saturated rings. The average molecular weight is 503 g/mol. The Hall–Kier alpha value is -3.13. The van der Waals surface area contributed by atoms with E-state index in [1.807, 2.05) is 60.7 Å². The number of pyridine rings is 1. The van der Waals surface area contributed by atoms with Crippen molar-refractivity contribution in [2.24, 2.45) is 5.73 Å². The van der Waals surface area contributed by atoms with Gasteiger partial charge in [0.1, 0.15) is 5.82 Å². The highest BCUT2D eigenvalue weighted by Crippen LogP contribution is 2.36. The second-order valence-electron chi connectivity index (χ2n) is 10.3. The highest BCUT2D eigenvalue weighted by Gasteiger charge is 2.39. The Morgan fingerprint density at radius 2 is 1.73 bits per heavy atom. The number of halogens is 1. The average Bonchev–Trinajstić information content (AvgIpc) is 3.37. The lowest BCUT2D eigenvalue weighted by atomic mass is 9.85. The largest absolute Gasteiger partial charge is 0.369 e. The Kier molecular flexibility index (Phi) is 7.93. The van der Waals surface area contributed by atoms with E-state index in [9.17, 15) is 9.18 Å². The van der Waals surface area contributed by atoms with Crippen LogP contribution in [-0.2, 0) is 16.0 Å².